The normalized spacial score (nSPS) is 19.1. The zero-order valence-corrected chi connectivity index (χ0v) is 30.4. The Kier molecular flexibility index (Phi) is 17.9. The molecule has 0 radical (unpaired) electrons. The van der Waals surface area contributed by atoms with E-state index in [0.717, 1.165) is 25.7 Å². The second-order valence-electron chi connectivity index (χ2n) is 14.3. The number of nitrogens with zero attached hydrogens (tertiary/aromatic N) is 3. The standard InChI is InChI=1S/C27H39N7O6.C6H12.C3H8/c1-5-6-16-11-19(24(38)30-13-20(35)25(39)32-17-7-8-17)34(15-16)26(40)22(27(2,3)4)33-21(36)14-31-23(37)18-12-28-9-10-29-18;1-2-4-6-5-3-1;1-3-2/h9-10,12,16-17,19,22H,5-8,11,13-15H2,1-4H3,(H,30,38)(H,31,37)(H,32,39)(H,33,36);1-6H2;3H2,1-2H3/t16-,19?,22?;;/m1../s1. The van der Waals surface area contributed by atoms with E-state index in [1.54, 1.807) is 20.8 Å². The van der Waals surface area contributed by atoms with Gasteiger partial charge < -0.3 is 26.2 Å². The summed E-state index contributed by atoms with van der Waals surface area (Å²) in [6, 6.07) is -1.81. The first-order chi connectivity index (χ1) is 23.3. The van der Waals surface area contributed by atoms with Crippen molar-refractivity contribution in [2.24, 2.45) is 11.3 Å². The number of nitrogens with one attached hydrogen (secondary N) is 4. The molecule has 13 nitrogen and oxygen atoms in total. The monoisotopic (exact) mass is 685 g/mol. The lowest BCUT2D eigenvalue weighted by molar-refractivity contribution is -0.144. The summed E-state index contributed by atoms with van der Waals surface area (Å²) in [5, 5.41) is 10.3. The van der Waals surface area contributed by atoms with Crippen LogP contribution < -0.4 is 21.3 Å². The number of ketones is 1. The molecule has 4 rings (SSSR count). The van der Waals surface area contributed by atoms with Crippen molar-refractivity contribution in [1.82, 2.24) is 36.1 Å². The molecule has 4 N–H and O–H groups in total. The van der Waals surface area contributed by atoms with Crippen LogP contribution >= 0.6 is 0 Å². The highest BCUT2D eigenvalue weighted by Gasteiger charge is 2.44. The first kappa shape index (κ1) is 41.3. The smallest absolute Gasteiger partial charge is 0.289 e. The van der Waals surface area contributed by atoms with Crippen LogP contribution in [0.1, 0.15) is 129 Å². The van der Waals surface area contributed by atoms with Gasteiger partial charge in [-0.25, -0.2) is 4.98 Å². The minimum atomic E-state index is -0.991. The number of aromatic nitrogens is 2. The Morgan fingerprint density at radius 3 is 2.02 bits per heavy atom. The van der Waals surface area contributed by atoms with Crippen LogP contribution in [0.5, 0.6) is 0 Å². The van der Waals surface area contributed by atoms with Crippen LogP contribution in [-0.4, -0.2) is 87.9 Å². The van der Waals surface area contributed by atoms with Crippen molar-refractivity contribution in [1.29, 1.82) is 0 Å². The molecule has 0 spiro atoms. The van der Waals surface area contributed by atoms with Gasteiger partial charge in [-0.05, 0) is 37.0 Å². The third-order valence-corrected chi connectivity index (χ3v) is 8.38. The summed E-state index contributed by atoms with van der Waals surface area (Å²) in [6.07, 6.45) is 18.1. The highest BCUT2D eigenvalue weighted by Crippen LogP contribution is 2.30. The van der Waals surface area contributed by atoms with Gasteiger partial charge in [-0.15, -0.1) is 0 Å². The summed E-state index contributed by atoms with van der Waals surface area (Å²) in [5.41, 5.74) is -0.669. The van der Waals surface area contributed by atoms with E-state index in [4.69, 9.17) is 0 Å². The molecule has 3 atom stereocenters. The molecule has 49 heavy (non-hydrogen) atoms. The minimum Gasteiger partial charge on any atom is -0.347 e. The van der Waals surface area contributed by atoms with E-state index in [2.05, 4.69) is 45.1 Å². The maximum Gasteiger partial charge on any atom is 0.289 e. The van der Waals surface area contributed by atoms with E-state index < -0.39 is 59.4 Å². The van der Waals surface area contributed by atoms with E-state index in [0.29, 0.717) is 13.0 Å². The maximum absolute atomic E-state index is 13.8. The Labute approximate surface area is 291 Å². The largest absolute Gasteiger partial charge is 0.347 e. The topological polar surface area (TPSA) is 180 Å². The van der Waals surface area contributed by atoms with Crippen molar-refractivity contribution in [3.05, 3.63) is 24.3 Å². The number of likely N-dealkylation sites (tertiary alicyclic amines) is 1. The van der Waals surface area contributed by atoms with Gasteiger partial charge in [-0.3, -0.25) is 33.8 Å². The molecular weight excluding hydrogens is 626 g/mol. The van der Waals surface area contributed by atoms with Crippen molar-refractivity contribution in [2.75, 3.05) is 19.6 Å². The van der Waals surface area contributed by atoms with Gasteiger partial charge in [0.25, 0.3) is 11.8 Å². The lowest BCUT2D eigenvalue weighted by atomic mass is 9.85. The molecule has 13 heteroatoms. The summed E-state index contributed by atoms with van der Waals surface area (Å²) < 4.78 is 0. The van der Waals surface area contributed by atoms with Crippen LogP contribution in [0.2, 0.25) is 0 Å². The average molecular weight is 686 g/mol. The van der Waals surface area contributed by atoms with Crippen molar-refractivity contribution in [3.8, 4) is 0 Å². The summed E-state index contributed by atoms with van der Waals surface area (Å²) >= 11 is 0. The highest BCUT2D eigenvalue weighted by molar-refractivity contribution is 6.37. The van der Waals surface area contributed by atoms with E-state index in [1.165, 1.54) is 68.4 Å². The Morgan fingerprint density at radius 1 is 0.898 bits per heavy atom. The molecule has 3 fully saturated rings. The number of carbonyl (C=O) groups is 6. The van der Waals surface area contributed by atoms with Crippen LogP contribution in [0.3, 0.4) is 0 Å². The molecule has 0 aromatic carbocycles. The van der Waals surface area contributed by atoms with Gasteiger partial charge in [0.05, 0.1) is 19.3 Å². The Balaban J connectivity index is 0.000000808. The fourth-order valence-corrected chi connectivity index (χ4v) is 5.65. The predicted octanol–water partition coefficient (Wildman–Crippen LogP) is 3.48. The van der Waals surface area contributed by atoms with E-state index in [-0.39, 0.29) is 24.2 Å². The molecule has 3 aliphatic rings. The lowest BCUT2D eigenvalue weighted by Crippen LogP contribution is -2.59. The number of amides is 5. The summed E-state index contributed by atoms with van der Waals surface area (Å²) in [6.45, 7) is 11.1. The van der Waals surface area contributed by atoms with Crippen LogP contribution in [0.15, 0.2) is 18.6 Å². The van der Waals surface area contributed by atoms with E-state index >= 15 is 0 Å². The predicted molar refractivity (Wildman–Crippen MR) is 187 cm³/mol. The zero-order chi connectivity index (χ0) is 36.4. The molecule has 2 unspecified atom stereocenters. The molecule has 1 saturated heterocycles. The Hall–Kier alpha value is -3.90. The third kappa shape index (κ3) is 15.0. The number of Topliss-reactive ketones (excluding diaryl/α,β-unsaturated/α-hetero) is 1. The van der Waals surface area contributed by atoms with Crippen molar-refractivity contribution < 1.29 is 28.8 Å². The summed E-state index contributed by atoms with van der Waals surface area (Å²) in [4.78, 5) is 85.3. The molecule has 274 valence electrons. The van der Waals surface area contributed by atoms with Gasteiger partial charge in [-0.2, -0.15) is 0 Å². The Bertz CT molecular complexity index is 1220. The van der Waals surface area contributed by atoms with Gasteiger partial charge in [0.1, 0.15) is 17.8 Å². The number of carbonyl (C=O) groups excluding carboxylic acids is 6. The van der Waals surface area contributed by atoms with Gasteiger partial charge in [0, 0.05) is 25.0 Å². The number of hydrogen-bond acceptors (Lipinski definition) is 8. The molecular formula is C36H59N7O6. The second-order valence-corrected chi connectivity index (χ2v) is 14.3. The number of hydrogen-bond donors (Lipinski definition) is 4. The van der Waals surface area contributed by atoms with Gasteiger partial charge in [0.2, 0.25) is 23.5 Å². The van der Waals surface area contributed by atoms with Crippen LogP contribution in [-0.2, 0) is 24.0 Å². The molecule has 1 aliphatic heterocycles. The zero-order valence-electron chi connectivity index (χ0n) is 30.4. The average Bonchev–Trinajstić information content (AvgIpc) is 3.81. The van der Waals surface area contributed by atoms with Crippen molar-refractivity contribution >= 4 is 35.3 Å². The first-order valence-corrected chi connectivity index (χ1v) is 18.1. The first-order valence-electron chi connectivity index (χ1n) is 18.1. The van der Waals surface area contributed by atoms with Crippen molar-refractivity contribution in [3.63, 3.8) is 0 Å². The quantitative estimate of drug-likeness (QED) is 0.242. The number of rotatable bonds is 12. The van der Waals surface area contributed by atoms with E-state index in [1.807, 2.05) is 6.92 Å². The van der Waals surface area contributed by atoms with Gasteiger partial charge >= 0.3 is 0 Å². The van der Waals surface area contributed by atoms with Gasteiger partial charge in [-0.1, -0.05) is 92.9 Å². The molecule has 2 saturated carbocycles. The highest BCUT2D eigenvalue weighted by atomic mass is 16.2. The van der Waals surface area contributed by atoms with E-state index in [9.17, 15) is 28.8 Å². The summed E-state index contributed by atoms with van der Waals surface area (Å²) in [7, 11) is 0. The van der Waals surface area contributed by atoms with Crippen LogP contribution in [0.25, 0.3) is 0 Å². The maximum atomic E-state index is 13.8. The third-order valence-electron chi connectivity index (χ3n) is 8.38. The van der Waals surface area contributed by atoms with Gasteiger partial charge in [0.15, 0.2) is 0 Å². The molecule has 2 aliphatic carbocycles. The fourth-order valence-electron chi connectivity index (χ4n) is 5.65. The van der Waals surface area contributed by atoms with Crippen LogP contribution in [0.4, 0.5) is 0 Å². The molecule has 1 aromatic heterocycles. The fraction of sp³-hybridized carbons (Fsp3) is 0.722. The lowest BCUT2D eigenvalue weighted by Gasteiger charge is -2.35. The molecule has 2 heterocycles. The molecule has 5 amide bonds. The SMILES string of the molecule is C1CCCCC1.CCC.CCC[C@@H]1CC(C(=O)NCC(=O)C(=O)NC2CC2)N(C(=O)C(NC(=O)CNC(=O)c2cnccn2)C(C)(C)C)C1. The van der Waals surface area contributed by atoms with Crippen molar-refractivity contribution in [2.45, 2.75) is 137 Å². The minimum absolute atomic E-state index is 0.0229. The second kappa shape index (κ2) is 21.2. The summed E-state index contributed by atoms with van der Waals surface area (Å²) in [5.74, 6) is -3.52. The molecule has 0 bridgehead atoms. The van der Waals surface area contributed by atoms with Crippen LogP contribution in [0, 0.1) is 11.3 Å². The molecule has 1 aromatic rings. The Morgan fingerprint density at radius 2 is 1.51 bits per heavy atom.